The van der Waals surface area contributed by atoms with Gasteiger partial charge in [-0.1, -0.05) is 0 Å². The van der Waals surface area contributed by atoms with Gasteiger partial charge in [-0.2, -0.15) is 0 Å². The number of aliphatic hydroxyl groups is 2. The lowest BCUT2D eigenvalue weighted by Gasteiger charge is -1.91. The Kier molecular flexibility index (Phi) is 1.24. The van der Waals surface area contributed by atoms with E-state index in [1.807, 2.05) is 0 Å². The molecular formula is C2H5O2-. The summed E-state index contributed by atoms with van der Waals surface area (Å²) in [5, 5.41) is 15.0. The molecule has 0 rings (SSSR count). The van der Waals surface area contributed by atoms with Gasteiger partial charge < -0.3 is 10.2 Å². The third-order valence-corrected chi connectivity index (χ3v) is 0. The average molecular weight is 61.1 g/mol. The number of aliphatic hydroxyl groups excluding tert-OH is 1. The van der Waals surface area contributed by atoms with Gasteiger partial charge >= 0.3 is 0 Å². The fourth-order valence-corrected chi connectivity index (χ4v) is 0. The molecule has 0 spiro atoms. The first-order valence-corrected chi connectivity index (χ1v) is 0.925. The number of rotatable bonds is 0. The molecule has 0 saturated heterocycles. The molecule has 0 aliphatic carbocycles. The Bertz CT molecular complexity index is 8.75. The first kappa shape index (κ1) is 3.92. The molecular weight excluding hydrogens is 56.0 g/mol. The SMILES string of the molecule is [CH2-]C(O)O. The molecule has 0 aliphatic rings. The van der Waals surface area contributed by atoms with E-state index in [1.54, 1.807) is 0 Å². The van der Waals surface area contributed by atoms with Gasteiger partial charge in [-0.05, 0) is 0 Å². The normalized spacial score (nSPS) is 9.00. The van der Waals surface area contributed by atoms with E-state index in [2.05, 4.69) is 6.92 Å². The van der Waals surface area contributed by atoms with Crippen LogP contribution in [0.25, 0.3) is 0 Å². The van der Waals surface area contributed by atoms with Crippen LogP contribution in [-0.2, 0) is 0 Å². The molecule has 0 aromatic rings. The Balaban J connectivity index is 2.32. The summed E-state index contributed by atoms with van der Waals surface area (Å²) in [5.41, 5.74) is 0. The second-order valence-electron chi connectivity index (χ2n) is 0.481. The third-order valence-electron chi connectivity index (χ3n) is 0. The topological polar surface area (TPSA) is 40.5 Å². The molecule has 0 aliphatic heterocycles. The summed E-state index contributed by atoms with van der Waals surface area (Å²) in [6.07, 6.45) is -1.42. The van der Waals surface area contributed by atoms with E-state index in [0.29, 0.717) is 0 Å². The lowest BCUT2D eigenvalue weighted by Crippen LogP contribution is -1.92. The largest absolute Gasteiger partial charge is 0.399 e. The van der Waals surface area contributed by atoms with Crippen molar-refractivity contribution in [1.82, 2.24) is 0 Å². The minimum absolute atomic E-state index is 1.42. The zero-order valence-electron chi connectivity index (χ0n) is 2.18. The van der Waals surface area contributed by atoms with Gasteiger partial charge in [0.2, 0.25) is 0 Å². The maximum atomic E-state index is 7.50. The molecule has 0 atom stereocenters. The molecule has 4 heavy (non-hydrogen) atoms. The van der Waals surface area contributed by atoms with E-state index in [-0.39, 0.29) is 0 Å². The monoisotopic (exact) mass is 61.0 g/mol. The van der Waals surface area contributed by atoms with Crippen molar-refractivity contribution in [2.75, 3.05) is 0 Å². The molecule has 26 valence electrons. The Hall–Kier alpha value is -0.0800. The van der Waals surface area contributed by atoms with E-state index in [1.165, 1.54) is 0 Å². The molecule has 0 aromatic heterocycles. The van der Waals surface area contributed by atoms with Crippen molar-refractivity contribution in [3.8, 4) is 0 Å². The van der Waals surface area contributed by atoms with Crippen molar-refractivity contribution in [2.45, 2.75) is 6.29 Å². The Morgan fingerprint density at radius 2 is 1.50 bits per heavy atom. The van der Waals surface area contributed by atoms with E-state index >= 15 is 0 Å². The number of hydrogen-bond acceptors (Lipinski definition) is 2. The van der Waals surface area contributed by atoms with Gasteiger partial charge in [-0.15, -0.1) is 0 Å². The summed E-state index contributed by atoms with van der Waals surface area (Å²) in [7, 11) is 0. The van der Waals surface area contributed by atoms with Crippen molar-refractivity contribution in [2.24, 2.45) is 0 Å². The van der Waals surface area contributed by atoms with Crippen LogP contribution in [0.15, 0.2) is 0 Å². The van der Waals surface area contributed by atoms with E-state index in [4.69, 9.17) is 10.2 Å². The summed E-state index contributed by atoms with van der Waals surface area (Å²) < 4.78 is 0. The summed E-state index contributed by atoms with van der Waals surface area (Å²) in [4.78, 5) is 0. The molecule has 0 amide bonds. The Labute approximate surface area is 24.7 Å². The van der Waals surface area contributed by atoms with Crippen LogP contribution < -0.4 is 0 Å². The molecule has 0 saturated carbocycles. The van der Waals surface area contributed by atoms with Crippen LogP contribution in [0.5, 0.6) is 0 Å². The zero-order valence-corrected chi connectivity index (χ0v) is 2.18. The Morgan fingerprint density at radius 1 is 1.50 bits per heavy atom. The van der Waals surface area contributed by atoms with Gasteiger partial charge in [0.25, 0.3) is 0 Å². The molecule has 0 fully saturated rings. The lowest BCUT2D eigenvalue weighted by molar-refractivity contribution is -0.000172. The van der Waals surface area contributed by atoms with Crippen LogP contribution in [0.1, 0.15) is 0 Å². The van der Waals surface area contributed by atoms with E-state index in [9.17, 15) is 0 Å². The molecule has 0 heterocycles. The summed E-state index contributed by atoms with van der Waals surface area (Å²) in [5.74, 6) is 0. The second-order valence-corrected chi connectivity index (χ2v) is 0.481. The molecule has 0 bridgehead atoms. The summed E-state index contributed by atoms with van der Waals surface area (Å²) in [6.45, 7) is 2.75. The van der Waals surface area contributed by atoms with E-state index in [0.717, 1.165) is 0 Å². The molecule has 0 radical (unpaired) electrons. The summed E-state index contributed by atoms with van der Waals surface area (Å²) in [6, 6.07) is 0. The van der Waals surface area contributed by atoms with Crippen molar-refractivity contribution >= 4 is 0 Å². The fourth-order valence-electron chi connectivity index (χ4n) is 0. The Morgan fingerprint density at radius 3 is 1.50 bits per heavy atom. The molecule has 0 aromatic carbocycles. The van der Waals surface area contributed by atoms with E-state index < -0.39 is 6.29 Å². The minimum Gasteiger partial charge on any atom is -0.399 e. The zero-order chi connectivity index (χ0) is 3.58. The molecule has 0 unspecified atom stereocenters. The van der Waals surface area contributed by atoms with Crippen LogP contribution in [-0.4, -0.2) is 16.5 Å². The maximum absolute atomic E-state index is 7.50. The van der Waals surface area contributed by atoms with Gasteiger partial charge in [0.1, 0.15) is 0 Å². The van der Waals surface area contributed by atoms with Crippen molar-refractivity contribution in [3.05, 3.63) is 6.92 Å². The highest BCUT2D eigenvalue weighted by molar-refractivity contribution is 4.28. The highest BCUT2D eigenvalue weighted by atomic mass is 16.5. The van der Waals surface area contributed by atoms with Gasteiger partial charge in [0.05, 0.1) is 0 Å². The van der Waals surface area contributed by atoms with Crippen molar-refractivity contribution in [1.29, 1.82) is 0 Å². The standard InChI is InChI=1S/C2H5O2/c1-2(3)4/h2-4H,1H2/q-1. The lowest BCUT2D eigenvalue weighted by atomic mass is 10.8. The summed E-state index contributed by atoms with van der Waals surface area (Å²) >= 11 is 0. The maximum Gasteiger partial charge on any atom is 0.0263 e. The highest BCUT2D eigenvalue weighted by Crippen LogP contribution is 1.56. The van der Waals surface area contributed by atoms with Crippen LogP contribution >= 0.6 is 0 Å². The van der Waals surface area contributed by atoms with Gasteiger partial charge in [-0.3, -0.25) is 6.92 Å². The smallest absolute Gasteiger partial charge is 0.0263 e. The number of hydrogen-bond donors (Lipinski definition) is 2. The molecule has 2 heteroatoms. The van der Waals surface area contributed by atoms with Crippen LogP contribution in [0, 0.1) is 6.92 Å². The van der Waals surface area contributed by atoms with Crippen LogP contribution in [0.3, 0.4) is 0 Å². The van der Waals surface area contributed by atoms with Gasteiger partial charge in [0.15, 0.2) is 0 Å². The average Bonchev–Trinajstić information content (AvgIpc) is 0.811. The first-order valence-electron chi connectivity index (χ1n) is 0.925. The van der Waals surface area contributed by atoms with Crippen LogP contribution in [0.4, 0.5) is 0 Å². The van der Waals surface area contributed by atoms with Gasteiger partial charge in [0, 0.05) is 6.29 Å². The van der Waals surface area contributed by atoms with Crippen molar-refractivity contribution in [3.63, 3.8) is 0 Å². The minimum atomic E-state index is -1.42. The molecule has 2 nitrogen and oxygen atoms in total. The van der Waals surface area contributed by atoms with Crippen LogP contribution in [0.2, 0.25) is 0 Å². The van der Waals surface area contributed by atoms with Crippen molar-refractivity contribution < 1.29 is 10.2 Å². The quantitative estimate of drug-likeness (QED) is 0.282. The fraction of sp³-hybridized carbons (Fsp3) is 0.500. The highest BCUT2D eigenvalue weighted by Gasteiger charge is 1.58. The third kappa shape index (κ3) is 254. The first-order chi connectivity index (χ1) is 1.73. The predicted molar refractivity (Wildman–Crippen MR) is 13.6 cm³/mol. The predicted octanol–water partition coefficient (Wildman–Crippen LogP) is -0.869. The molecule has 2 N–H and O–H groups in total. The van der Waals surface area contributed by atoms with Gasteiger partial charge in [-0.25, -0.2) is 0 Å². The second kappa shape index (κ2) is 1.26.